The van der Waals surface area contributed by atoms with Gasteiger partial charge in [-0.25, -0.2) is 13.1 Å². The molecule has 0 saturated heterocycles. The Labute approximate surface area is 157 Å². The molecule has 144 valence electrons. The Bertz CT molecular complexity index is 894. The van der Waals surface area contributed by atoms with Gasteiger partial charge in [0.2, 0.25) is 15.9 Å². The van der Waals surface area contributed by atoms with E-state index in [1.54, 1.807) is 0 Å². The van der Waals surface area contributed by atoms with E-state index in [9.17, 15) is 23.3 Å². The maximum Gasteiger partial charge on any atom is 0.269 e. The van der Waals surface area contributed by atoms with E-state index in [2.05, 4.69) is 10.0 Å². The van der Waals surface area contributed by atoms with Gasteiger partial charge in [0.25, 0.3) is 5.69 Å². The molecule has 0 aromatic heterocycles. The van der Waals surface area contributed by atoms with Crippen molar-refractivity contribution in [2.24, 2.45) is 0 Å². The number of hydrogen-bond donors (Lipinski definition) is 2. The van der Waals surface area contributed by atoms with E-state index in [4.69, 9.17) is 0 Å². The van der Waals surface area contributed by atoms with E-state index in [0.29, 0.717) is 17.8 Å². The van der Waals surface area contributed by atoms with Crippen LogP contribution in [-0.2, 0) is 21.2 Å². The number of unbranched alkanes of at least 4 members (excludes halogenated alkanes) is 1. The average Bonchev–Trinajstić information content (AvgIpc) is 2.62. The predicted molar refractivity (Wildman–Crippen MR) is 102 cm³/mol. The van der Waals surface area contributed by atoms with Gasteiger partial charge in [0.05, 0.1) is 16.2 Å². The van der Waals surface area contributed by atoms with Gasteiger partial charge in [-0.05, 0) is 36.2 Å². The molecule has 0 aliphatic rings. The molecule has 0 aliphatic carbocycles. The Kier molecular flexibility index (Phi) is 7.03. The monoisotopic (exact) mass is 391 g/mol. The molecule has 0 spiro atoms. The van der Waals surface area contributed by atoms with Crippen LogP contribution in [0.1, 0.15) is 25.3 Å². The van der Waals surface area contributed by atoms with Crippen LogP contribution < -0.4 is 10.0 Å². The van der Waals surface area contributed by atoms with Gasteiger partial charge >= 0.3 is 0 Å². The van der Waals surface area contributed by atoms with Crippen LogP contribution in [-0.4, -0.2) is 25.8 Å². The Hall–Kier alpha value is -2.78. The van der Waals surface area contributed by atoms with Crippen molar-refractivity contribution in [3.63, 3.8) is 0 Å². The van der Waals surface area contributed by atoms with Crippen LogP contribution in [0, 0.1) is 10.1 Å². The van der Waals surface area contributed by atoms with Crippen molar-refractivity contribution in [1.82, 2.24) is 4.72 Å². The first-order valence-electron chi connectivity index (χ1n) is 8.44. The molecule has 9 heteroatoms. The van der Waals surface area contributed by atoms with Crippen molar-refractivity contribution in [1.29, 1.82) is 0 Å². The summed E-state index contributed by atoms with van der Waals surface area (Å²) in [6, 6.07) is 11.6. The molecule has 0 heterocycles. The molecule has 0 radical (unpaired) electrons. The standard InChI is InChI=1S/C18H21N3O5S/c1-2-3-12-19-27(25,26)17-10-6-15(7-11-17)20-18(22)13-14-4-8-16(9-5-14)21(23)24/h4-11,19H,2-3,12-13H2,1H3,(H,20,22). The Morgan fingerprint density at radius 2 is 1.70 bits per heavy atom. The molecule has 2 N–H and O–H groups in total. The van der Waals surface area contributed by atoms with Crippen molar-refractivity contribution >= 4 is 27.3 Å². The summed E-state index contributed by atoms with van der Waals surface area (Å²) in [5.74, 6) is -0.305. The Morgan fingerprint density at radius 1 is 1.07 bits per heavy atom. The van der Waals surface area contributed by atoms with Gasteiger partial charge in [0.15, 0.2) is 0 Å². The number of sulfonamides is 1. The number of nitrogens with zero attached hydrogens (tertiary/aromatic N) is 1. The van der Waals surface area contributed by atoms with Crippen LogP contribution in [0.15, 0.2) is 53.4 Å². The van der Waals surface area contributed by atoms with Gasteiger partial charge in [-0.1, -0.05) is 25.5 Å². The van der Waals surface area contributed by atoms with Crippen LogP contribution in [0.3, 0.4) is 0 Å². The zero-order valence-electron chi connectivity index (χ0n) is 14.8. The van der Waals surface area contributed by atoms with Crippen molar-refractivity contribution in [2.45, 2.75) is 31.1 Å². The smallest absolute Gasteiger partial charge is 0.269 e. The largest absolute Gasteiger partial charge is 0.326 e. The number of hydrogen-bond acceptors (Lipinski definition) is 5. The highest BCUT2D eigenvalue weighted by molar-refractivity contribution is 7.89. The van der Waals surface area contributed by atoms with Crippen molar-refractivity contribution in [3.05, 3.63) is 64.2 Å². The van der Waals surface area contributed by atoms with Crippen LogP contribution in [0.25, 0.3) is 0 Å². The summed E-state index contributed by atoms with van der Waals surface area (Å²) in [6.07, 6.45) is 1.70. The molecular formula is C18H21N3O5S. The molecule has 0 bridgehead atoms. The molecular weight excluding hydrogens is 370 g/mol. The van der Waals surface area contributed by atoms with E-state index >= 15 is 0 Å². The topological polar surface area (TPSA) is 118 Å². The molecule has 1 amide bonds. The van der Waals surface area contributed by atoms with Crippen molar-refractivity contribution in [2.75, 3.05) is 11.9 Å². The predicted octanol–water partition coefficient (Wildman–Crippen LogP) is 2.85. The molecule has 2 aromatic carbocycles. The van der Waals surface area contributed by atoms with Gasteiger partial charge in [0, 0.05) is 24.4 Å². The highest BCUT2D eigenvalue weighted by Crippen LogP contribution is 2.16. The maximum atomic E-state index is 12.1. The van der Waals surface area contributed by atoms with Gasteiger partial charge in [0.1, 0.15) is 0 Å². The van der Waals surface area contributed by atoms with E-state index in [0.717, 1.165) is 12.8 Å². The molecule has 0 unspecified atom stereocenters. The number of nitro groups is 1. The second-order valence-corrected chi connectivity index (χ2v) is 7.69. The first-order chi connectivity index (χ1) is 12.8. The summed E-state index contributed by atoms with van der Waals surface area (Å²) in [4.78, 5) is 22.3. The molecule has 2 rings (SSSR count). The van der Waals surface area contributed by atoms with Crippen LogP contribution in [0.4, 0.5) is 11.4 Å². The van der Waals surface area contributed by atoms with Gasteiger partial charge in [-0.3, -0.25) is 14.9 Å². The lowest BCUT2D eigenvalue weighted by atomic mass is 10.1. The average molecular weight is 391 g/mol. The first-order valence-corrected chi connectivity index (χ1v) is 9.93. The van der Waals surface area contributed by atoms with Crippen LogP contribution in [0.2, 0.25) is 0 Å². The second kappa shape index (κ2) is 9.24. The summed E-state index contributed by atoms with van der Waals surface area (Å²) < 4.78 is 26.7. The second-order valence-electron chi connectivity index (χ2n) is 5.92. The van der Waals surface area contributed by atoms with Crippen molar-refractivity contribution in [3.8, 4) is 0 Å². The summed E-state index contributed by atoms with van der Waals surface area (Å²) in [5, 5.41) is 13.3. The first kappa shape index (κ1) is 20.5. The minimum absolute atomic E-state index is 0.0384. The fourth-order valence-corrected chi connectivity index (χ4v) is 3.38. The Morgan fingerprint density at radius 3 is 2.26 bits per heavy atom. The highest BCUT2D eigenvalue weighted by Gasteiger charge is 2.13. The van der Waals surface area contributed by atoms with Crippen LogP contribution in [0.5, 0.6) is 0 Å². The zero-order valence-corrected chi connectivity index (χ0v) is 15.7. The van der Waals surface area contributed by atoms with E-state index in [1.807, 2.05) is 6.92 Å². The Balaban J connectivity index is 1.95. The van der Waals surface area contributed by atoms with E-state index in [1.165, 1.54) is 48.5 Å². The summed E-state index contributed by atoms with van der Waals surface area (Å²) in [7, 11) is -3.56. The highest BCUT2D eigenvalue weighted by atomic mass is 32.2. The van der Waals surface area contributed by atoms with Gasteiger partial charge in [-0.2, -0.15) is 0 Å². The molecule has 8 nitrogen and oxygen atoms in total. The quantitative estimate of drug-likeness (QED) is 0.387. The summed E-state index contributed by atoms with van der Waals surface area (Å²) >= 11 is 0. The number of benzene rings is 2. The summed E-state index contributed by atoms with van der Waals surface area (Å²) in [5.41, 5.74) is 1.07. The van der Waals surface area contributed by atoms with Crippen molar-refractivity contribution < 1.29 is 18.1 Å². The number of nitro benzene ring substituents is 1. The van der Waals surface area contributed by atoms with E-state index < -0.39 is 14.9 Å². The minimum Gasteiger partial charge on any atom is -0.326 e. The van der Waals surface area contributed by atoms with Gasteiger partial charge in [-0.15, -0.1) is 0 Å². The lowest BCUT2D eigenvalue weighted by Gasteiger charge is -2.08. The number of amides is 1. The lowest BCUT2D eigenvalue weighted by molar-refractivity contribution is -0.384. The SMILES string of the molecule is CCCCNS(=O)(=O)c1ccc(NC(=O)Cc2ccc([N+](=O)[O-])cc2)cc1. The van der Waals surface area contributed by atoms with Crippen LogP contribution >= 0.6 is 0 Å². The number of carbonyl (C=O) groups excluding carboxylic acids is 1. The third-order valence-corrected chi connectivity index (χ3v) is 5.26. The third kappa shape index (κ3) is 6.15. The number of carbonyl (C=O) groups is 1. The number of rotatable bonds is 9. The molecule has 2 aromatic rings. The number of non-ortho nitro benzene ring substituents is 1. The zero-order chi connectivity index (χ0) is 19.9. The maximum absolute atomic E-state index is 12.1. The fourth-order valence-electron chi connectivity index (χ4n) is 2.31. The summed E-state index contributed by atoms with van der Waals surface area (Å²) in [6.45, 7) is 2.36. The molecule has 0 atom stereocenters. The minimum atomic E-state index is -3.56. The lowest BCUT2D eigenvalue weighted by Crippen LogP contribution is -2.24. The number of nitrogens with one attached hydrogen (secondary N) is 2. The fraction of sp³-hybridized carbons (Fsp3) is 0.278. The van der Waals surface area contributed by atoms with Gasteiger partial charge < -0.3 is 5.32 Å². The molecule has 0 fully saturated rings. The number of anilines is 1. The molecule has 27 heavy (non-hydrogen) atoms. The molecule has 0 aliphatic heterocycles. The third-order valence-electron chi connectivity index (χ3n) is 3.78. The van der Waals surface area contributed by atoms with E-state index in [-0.39, 0.29) is 22.9 Å². The molecule has 0 saturated carbocycles. The normalized spacial score (nSPS) is 11.1.